The third kappa shape index (κ3) is 3.75. The fourth-order valence-corrected chi connectivity index (χ4v) is 2.76. The molecular formula is C15H12BrCl2NO. The number of nitrogens with one attached hydrogen (secondary N) is 1. The van der Waals surface area contributed by atoms with Gasteiger partial charge in [-0.25, -0.2) is 0 Å². The Hall–Kier alpha value is -1.03. The van der Waals surface area contributed by atoms with Gasteiger partial charge in [0.25, 0.3) is 5.91 Å². The van der Waals surface area contributed by atoms with Crippen LogP contribution in [0.2, 0.25) is 10.0 Å². The summed E-state index contributed by atoms with van der Waals surface area (Å²) in [5, 5.41) is 3.75. The van der Waals surface area contributed by atoms with Gasteiger partial charge in [0, 0.05) is 26.1 Å². The molecule has 0 fully saturated rings. The molecule has 2 aromatic rings. The van der Waals surface area contributed by atoms with E-state index in [0.717, 1.165) is 11.3 Å². The van der Waals surface area contributed by atoms with Gasteiger partial charge >= 0.3 is 0 Å². The zero-order chi connectivity index (χ0) is 14.7. The first-order chi connectivity index (χ1) is 9.47. The lowest BCUT2D eigenvalue weighted by atomic mass is 10.1. The number of anilines is 1. The van der Waals surface area contributed by atoms with Gasteiger partial charge in [-0.05, 0) is 36.8 Å². The molecule has 0 bridgehead atoms. The summed E-state index contributed by atoms with van der Waals surface area (Å²) in [5.74, 6) is -0.241. The van der Waals surface area contributed by atoms with Crippen LogP contribution in [0.5, 0.6) is 0 Å². The maximum atomic E-state index is 12.2. The van der Waals surface area contributed by atoms with Crippen LogP contribution in [0.4, 0.5) is 5.69 Å². The molecule has 0 aliphatic heterocycles. The van der Waals surface area contributed by atoms with Crippen LogP contribution < -0.4 is 5.32 Å². The van der Waals surface area contributed by atoms with Crippen molar-refractivity contribution in [2.24, 2.45) is 0 Å². The molecule has 1 unspecified atom stereocenters. The molecule has 0 saturated heterocycles. The van der Waals surface area contributed by atoms with Gasteiger partial charge in [0.1, 0.15) is 0 Å². The number of hydrogen-bond donors (Lipinski definition) is 1. The smallest absolute Gasteiger partial charge is 0.255 e. The molecule has 20 heavy (non-hydrogen) atoms. The van der Waals surface area contributed by atoms with Gasteiger partial charge in [0.2, 0.25) is 0 Å². The average Bonchev–Trinajstić information content (AvgIpc) is 2.37. The molecule has 0 aromatic heterocycles. The number of carbonyl (C=O) groups excluding carboxylic acids is 1. The molecule has 2 aromatic carbocycles. The monoisotopic (exact) mass is 371 g/mol. The maximum absolute atomic E-state index is 12.2. The Labute approximate surface area is 136 Å². The number of amides is 1. The van der Waals surface area contributed by atoms with Crippen molar-refractivity contribution in [1.82, 2.24) is 0 Å². The number of carbonyl (C=O) groups is 1. The summed E-state index contributed by atoms with van der Waals surface area (Å²) in [7, 11) is 0. The fourth-order valence-electron chi connectivity index (χ4n) is 1.84. The summed E-state index contributed by atoms with van der Waals surface area (Å²) in [5.41, 5.74) is 2.20. The Balaban J connectivity index is 2.28. The number of hydrogen-bond acceptors (Lipinski definition) is 1. The van der Waals surface area contributed by atoms with Crippen molar-refractivity contribution in [3.05, 3.63) is 63.6 Å². The first kappa shape index (κ1) is 15.4. The van der Waals surface area contributed by atoms with E-state index in [1.54, 1.807) is 18.2 Å². The van der Waals surface area contributed by atoms with E-state index in [9.17, 15) is 4.79 Å². The van der Waals surface area contributed by atoms with E-state index in [-0.39, 0.29) is 10.7 Å². The van der Waals surface area contributed by atoms with Gasteiger partial charge < -0.3 is 5.32 Å². The third-order valence-electron chi connectivity index (χ3n) is 2.76. The Morgan fingerprint density at radius 1 is 1.15 bits per heavy atom. The maximum Gasteiger partial charge on any atom is 0.255 e. The van der Waals surface area contributed by atoms with Crippen LogP contribution in [-0.4, -0.2) is 5.91 Å². The van der Waals surface area contributed by atoms with E-state index >= 15 is 0 Å². The number of alkyl halides is 1. The van der Waals surface area contributed by atoms with E-state index in [1.165, 1.54) is 0 Å². The highest BCUT2D eigenvalue weighted by Crippen LogP contribution is 2.29. The van der Waals surface area contributed by atoms with E-state index < -0.39 is 0 Å². The first-order valence-corrected chi connectivity index (χ1v) is 7.65. The van der Waals surface area contributed by atoms with Crippen molar-refractivity contribution in [2.45, 2.75) is 11.8 Å². The van der Waals surface area contributed by atoms with Crippen molar-refractivity contribution in [3.63, 3.8) is 0 Å². The molecule has 5 heteroatoms. The normalized spacial score (nSPS) is 12.0. The molecule has 0 heterocycles. The molecular weight excluding hydrogens is 361 g/mol. The topological polar surface area (TPSA) is 29.1 Å². The standard InChI is InChI=1S/C15H12BrCl2NO/c1-9(16)13-4-2-3-5-14(13)19-15(20)10-6-11(17)8-12(18)7-10/h2-9H,1H3,(H,19,20). The molecule has 104 valence electrons. The number of halogens is 3. The van der Waals surface area contributed by atoms with Crippen LogP contribution in [0, 0.1) is 0 Å². The zero-order valence-electron chi connectivity index (χ0n) is 10.7. The summed E-state index contributed by atoms with van der Waals surface area (Å²) < 4.78 is 0. The largest absolute Gasteiger partial charge is 0.322 e. The molecule has 0 aliphatic rings. The number of para-hydroxylation sites is 1. The summed E-state index contributed by atoms with van der Waals surface area (Å²) in [6, 6.07) is 12.4. The quantitative estimate of drug-likeness (QED) is 0.687. The second-order valence-electron chi connectivity index (χ2n) is 4.32. The molecule has 1 atom stereocenters. The molecule has 0 saturated carbocycles. The van der Waals surface area contributed by atoms with Gasteiger partial charge in [-0.2, -0.15) is 0 Å². The highest BCUT2D eigenvalue weighted by molar-refractivity contribution is 9.09. The third-order valence-corrected chi connectivity index (χ3v) is 3.69. The Morgan fingerprint density at radius 3 is 2.35 bits per heavy atom. The zero-order valence-corrected chi connectivity index (χ0v) is 13.8. The Bertz CT molecular complexity index is 623. The van der Waals surface area contributed by atoms with Crippen molar-refractivity contribution in [2.75, 3.05) is 5.32 Å². The predicted octanol–water partition coefficient (Wildman–Crippen LogP) is 5.70. The minimum absolute atomic E-state index is 0.141. The lowest BCUT2D eigenvalue weighted by Gasteiger charge is -2.13. The van der Waals surface area contributed by atoms with E-state index in [4.69, 9.17) is 23.2 Å². The summed E-state index contributed by atoms with van der Waals surface area (Å²) in [6.45, 7) is 2.00. The van der Waals surface area contributed by atoms with Gasteiger partial charge in [-0.3, -0.25) is 4.79 Å². The second-order valence-corrected chi connectivity index (χ2v) is 6.56. The van der Waals surface area contributed by atoms with Crippen LogP contribution in [0.1, 0.15) is 27.7 Å². The highest BCUT2D eigenvalue weighted by atomic mass is 79.9. The fraction of sp³-hybridized carbons (Fsp3) is 0.133. The molecule has 2 rings (SSSR count). The van der Waals surface area contributed by atoms with Crippen molar-refractivity contribution >= 4 is 50.7 Å². The predicted molar refractivity (Wildman–Crippen MR) is 88.2 cm³/mol. The Kier molecular flexibility index (Phi) is 5.08. The lowest BCUT2D eigenvalue weighted by Crippen LogP contribution is -2.13. The average molecular weight is 373 g/mol. The van der Waals surface area contributed by atoms with Crippen molar-refractivity contribution < 1.29 is 4.79 Å². The Morgan fingerprint density at radius 2 is 1.75 bits per heavy atom. The molecule has 0 spiro atoms. The van der Waals surface area contributed by atoms with Crippen molar-refractivity contribution in [3.8, 4) is 0 Å². The van der Waals surface area contributed by atoms with Crippen LogP contribution in [0.25, 0.3) is 0 Å². The van der Waals surface area contributed by atoms with Crippen LogP contribution in [-0.2, 0) is 0 Å². The molecule has 0 radical (unpaired) electrons. The van der Waals surface area contributed by atoms with Gasteiger partial charge in [-0.1, -0.05) is 57.3 Å². The van der Waals surface area contributed by atoms with Gasteiger partial charge in [0.05, 0.1) is 0 Å². The number of rotatable bonds is 3. The van der Waals surface area contributed by atoms with Crippen LogP contribution in [0.15, 0.2) is 42.5 Å². The number of benzene rings is 2. The van der Waals surface area contributed by atoms with E-state index in [0.29, 0.717) is 15.6 Å². The SMILES string of the molecule is CC(Br)c1ccccc1NC(=O)c1cc(Cl)cc(Cl)c1. The van der Waals surface area contributed by atoms with Gasteiger partial charge in [0.15, 0.2) is 0 Å². The van der Waals surface area contributed by atoms with Crippen LogP contribution >= 0.6 is 39.1 Å². The second kappa shape index (κ2) is 6.61. The highest BCUT2D eigenvalue weighted by Gasteiger charge is 2.12. The van der Waals surface area contributed by atoms with E-state index in [1.807, 2.05) is 31.2 Å². The lowest BCUT2D eigenvalue weighted by molar-refractivity contribution is 0.102. The molecule has 1 amide bonds. The first-order valence-electron chi connectivity index (χ1n) is 5.98. The van der Waals surface area contributed by atoms with Crippen LogP contribution in [0.3, 0.4) is 0 Å². The van der Waals surface area contributed by atoms with Crippen molar-refractivity contribution in [1.29, 1.82) is 0 Å². The summed E-state index contributed by atoms with van der Waals surface area (Å²) >= 11 is 15.3. The van der Waals surface area contributed by atoms with E-state index in [2.05, 4.69) is 21.2 Å². The van der Waals surface area contributed by atoms with Gasteiger partial charge in [-0.15, -0.1) is 0 Å². The summed E-state index contributed by atoms with van der Waals surface area (Å²) in [4.78, 5) is 12.4. The molecule has 2 nitrogen and oxygen atoms in total. The summed E-state index contributed by atoms with van der Waals surface area (Å²) in [6.07, 6.45) is 0. The molecule has 0 aliphatic carbocycles. The minimum atomic E-state index is -0.241. The molecule has 1 N–H and O–H groups in total. The minimum Gasteiger partial charge on any atom is -0.322 e.